The minimum Gasteiger partial charge on any atom is -0.491 e. The predicted molar refractivity (Wildman–Crippen MR) is 140 cm³/mol. The molecule has 190 valence electrons. The molecule has 2 saturated heterocycles. The zero-order valence-corrected chi connectivity index (χ0v) is 21.4. The number of thioether (sulfide) groups is 1. The van der Waals surface area contributed by atoms with E-state index in [-0.39, 0.29) is 34.9 Å². The van der Waals surface area contributed by atoms with Gasteiger partial charge in [0, 0.05) is 19.2 Å². The van der Waals surface area contributed by atoms with Crippen LogP contribution >= 0.6 is 11.8 Å². The largest absolute Gasteiger partial charge is 0.491 e. The van der Waals surface area contributed by atoms with Crippen LogP contribution in [0.4, 0.5) is 16.2 Å². The monoisotopic (exact) mass is 511 g/mol. The molecule has 0 N–H and O–H groups in total. The Bertz CT molecular complexity index is 1210. The number of nitrogens with zero attached hydrogens (tertiary/aromatic N) is 3. The van der Waals surface area contributed by atoms with Gasteiger partial charge in [0.1, 0.15) is 18.0 Å². The molecule has 9 nitrogen and oxygen atoms in total. The summed E-state index contributed by atoms with van der Waals surface area (Å²) in [6, 6.07) is 10.9. The number of hydrogen-bond acceptors (Lipinski definition) is 8. The number of benzene rings is 2. The van der Waals surface area contributed by atoms with Crippen molar-refractivity contribution in [2.45, 2.75) is 26.7 Å². The van der Waals surface area contributed by atoms with Crippen LogP contribution in [0.1, 0.15) is 36.5 Å². The normalized spacial score (nSPS) is 17.4. The standard InChI is InChI=1S/C26H29N3O6S/c1-17(2)20-6-4-18(3)14-23(20)35-13-10-28-25(30)24(36-26(28)31)16-19-5-7-21(22(15-19)29(32)33)27-8-11-34-12-9-27/h4-7,14-17H,8-13H2,1-3H3/b24-16-. The predicted octanol–water partition coefficient (Wildman–Crippen LogP) is 4.98. The number of hydrogen-bond donors (Lipinski definition) is 0. The molecule has 0 atom stereocenters. The molecule has 0 radical (unpaired) electrons. The van der Waals surface area contributed by atoms with Crippen molar-refractivity contribution in [1.29, 1.82) is 0 Å². The second-order valence-corrected chi connectivity index (χ2v) is 9.98. The zero-order valence-electron chi connectivity index (χ0n) is 20.6. The molecular weight excluding hydrogens is 482 g/mol. The van der Waals surface area contributed by atoms with Gasteiger partial charge in [0.15, 0.2) is 0 Å². The molecule has 4 rings (SSSR count). The molecule has 0 spiro atoms. The third kappa shape index (κ3) is 5.71. The summed E-state index contributed by atoms with van der Waals surface area (Å²) in [5.41, 5.74) is 3.09. The van der Waals surface area contributed by atoms with Gasteiger partial charge < -0.3 is 14.4 Å². The zero-order chi connectivity index (χ0) is 25.8. The first kappa shape index (κ1) is 25.7. The summed E-state index contributed by atoms with van der Waals surface area (Å²) in [7, 11) is 0. The molecule has 2 amide bonds. The van der Waals surface area contributed by atoms with Crippen LogP contribution in [-0.4, -0.2) is 60.4 Å². The molecule has 2 heterocycles. The lowest BCUT2D eigenvalue weighted by Crippen LogP contribution is -2.36. The van der Waals surface area contributed by atoms with Crippen LogP contribution < -0.4 is 9.64 Å². The van der Waals surface area contributed by atoms with E-state index in [1.54, 1.807) is 12.1 Å². The van der Waals surface area contributed by atoms with Crippen LogP contribution in [0.25, 0.3) is 6.08 Å². The van der Waals surface area contributed by atoms with Crippen molar-refractivity contribution in [3.05, 3.63) is 68.1 Å². The number of imide groups is 1. The topological polar surface area (TPSA) is 102 Å². The second kappa shape index (κ2) is 11.1. The molecule has 0 unspecified atom stereocenters. The van der Waals surface area contributed by atoms with Gasteiger partial charge in [0.25, 0.3) is 16.8 Å². The van der Waals surface area contributed by atoms with E-state index >= 15 is 0 Å². The van der Waals surface area contributed by atoms with E-state index in [0.717, 1.165) is 33.5 Å². The van der Waals surface area contributed by atoms with Crippen LogP contribution in [0.5, 0.6) is 5.75 Å². The van der Waals surface area contributed by atoms with E-state index in [4.69, 9.17) is 9.47 Å². The molecule has 0 aliphatic carbocycles. The molecule has 0 bridgehead atoms. The third-order valence-electron chi connectivity index (χ3n) is 6.08. The van der Waals surface area contributed by atoms with Crippen molar-refractivity contribution in [1.82, 2.24) is 4.90 Å². The SMILES string of the molecule is Cc1ccc(C(C)C)c(OCCN2C(=O)S/C(=C\c3ccc(N4CCOCC4)c([N+](=O)[O-])c3)C2=O)c1. The molecule has 2 fully saturated rings. The highest BCUT2D eigenvalue weighted by Gasteiger charge is 2.35. The van der Waals surface area contributed by atoms with Gasteiger partial charge in [-0.3, -0.25) is 24.6 Å². The van der Waals surface area contributed by atoms with Gasteiger partial charge in [-0.05, 0) is 59.5 Å². The van der Waals surface area contributed by atoms with Gasteiger partial charge in [0.05, 0.1) is 29.6 Å². The van der Waals surface area contributed by atoms with Crippen LogP contribution in [0.2, 0.25) is 0 Å². The Morgan fingerprint density at radius 2 is 1.92 bits per heavy atom. The first-order valence-electron chi connectivity index (χ1n) is 11.8. The van der Waals surface area contributed by atoms with Crippen molar-refractivity contribution < 1.29 is 24.0 Å². The molecule has 0 saturated carbocycles. The number of ether oxygens (including phenoxy) is 2. The lowest BCUT2D eigenvalue weighted by Gasteiger charge is -2.28. The van der Waals surface area contributed by atoms with Crippen LogP contribution in [0.15, 0.2) is 41.3 Å². The molecule has 10 heteroatoms. The van der Waals surface area contributed by atoms with E-state index in [0.29, 0.717) is 37.6 Å². The lowest BCUT2D eigenvalue weighted by molar-refractivity contribution is -0.384. The molecule has 2 aromatic carbocycles. The molecule has 2 aromatic rings. The summed E-state index contributed by atoms with van der Waals surface area (Å²) in [4.78, 5) is 40.1. The quantitative estimate of drug-likeness (QED) is 0.278. The van der Waals surface area contributed by atoms with Crippen molar-refractivity contribution in [2.75, 3.05) is 44.4 Å². The first-order valence-corrected chi connectivity index (χ1v) is 12.7. The Balaban J connectivity index is 1.46. The van der Waals surface area contributed by atoms with E-state index < -0.39 is 10.8 Å². The van der Waals surface area contributed by atoms with Crippen LogP contribution in [0, 0.1) is 17.0 Å². The van der Waals surface area contributed by atoms with Crippen molar-refractivity contribution in [2.24, 2.45) is 0 Å². The Morgan fingerprint density at radius 1 is 1.17 bits per heavy atom. The summed E-state index contributed by atoms with van der Waals surface area (Å²) < 4.78 is 11.3. The highest BCUT2D eigenvalue weighted by molar-refractivity contribution is 8.18. The Labute approximate surface area is 214 Å². The Hall–Kier alpha value is -3.37. The highest BCUT2D eigenvalue weighted by atomic mass is 32.2. The number of rotatable bonds is 8. The van der Waals surface area contributed by atoms with Gasteiger partial charge in [0.2, 0.25) is 0 Å². The maximum absolute atomic E-state index is 12.9. The summed E-state index contributed by atoms with van der Waals surface area (Å²) in [5.74, 6) is 0.599. The average molecular weight is 512 g/mol. The average Bonchev–Trinajstić information content (AvgIpc) is 3.11. The first-order chi connectivity index (χ1) is 17.2. The fourth-order valence-electron chi connectivity index (χ4n) is 4.18. The number of nitro groups is 1. The molecule has 36 heavy (non-hydrogen) atoms. The van der Waals surface area contributed by atoms with Crippen LogP contribution in [0.3, 0.4) is 0 Å². The maximum atomic E-state index is 12.9. The van der Waals surface area contributed by atoms with Gasteiger partial charge in [-0.2, -0.15) is 0 Å². The molecule has 0 aromatic heterocycles. The number of nitro benzene ring substituents is 1. The van der Waals surface area contributed by atoms with Crippen molar-refractivity contribution in [3.63, 3.8) is 0 Å². The fourth-order valence-corrected chi connectivity index (χ4v) is 5.05. The van der Waals surface area contributed by atoms with Gasteiger partial charge >= 0.3 is 0 Å². The second-order valence-electron chi connectivity index (χ2n) is 8.98. The molecule has 2 aliphatic rings. The van der Waals surface area contributed by atoms with Crippen LogP contribution in [-0.2, 0) is 9.53 Å². The summed E-state index contributed by atoms with van der Waals surface area (Å²) >= 11 is 0.826. The van der Waals surface area contributed by atoms with Crippen molar-refractivity contribution >= 4 is 40.4 Å². The van der Waals surface area contributed by atoms with E-state index in [1.165, 1.54) is 12.1 Å². The number of carbonyl (C=O) groups is 2. The fraction of sp³-hybridized carbons (Fsp3) is 0.385. The third-order valence-corrected chi connectivity index (χ3v) is 6.99. The maximum Gasteiger partial charge on any atom is 0.293 e. The Kier molecular flexibility index (Phi) is 7.95. The van der Waals surface area contributed by atoms with E-state index in [1.807, 2.05) is 30.0 Å². The molecular formula is C26H29N3O6S. The van der Waals surface area contributed by atoms with Gasteiger partial charge in [-0.25, -0.2) is 0 Å². The summed E-state index contributed by atoms with van der Waals surface area (Å²) in [6.45, 7) is 8.60. The highest BCUT2D eigenvalue weighted by Crippen LogP contribution is 2.35. The van der Waals surface area contributed by atoms with E-state index in [9.17, 15) is 19.7 Å². The number of aryl methyl sites for hydroxylation is 1. The Morgan fingerprint density at radius 3 is 2.61 bits per heavy atom. The number of anilines is 1. The minimum absolute atomic E-state index is 0.0441. The van der Waals surface area contributed by atoms with Gasteiger partial charge in [-0.1, -0.05) is 32.0 Å². The van der Waals surface area contributed by atoms with Gasteiger partial charge in [-0.15, -0.1) is 0 Å². The summed E-state index contributed by atoms with van der Waals surface area (Å²) in [6.07, 6.45) is 1.53. The minimum atomic E-state index is -0.429. The molecule has 2 aliphatic heterocycles. The number of morpholine rings is 1. The number of amides is 2. The lowest BCUT2D eigenvalue weighted by atomic mass is 10.0. The summed E-state index contributed by atoms with van der Waals surface area (Å²) in [5, 5.41) is 11.3. The van der Waals surface area contributed by atoms with E-state index in [2.05, 4.69) is 13.8 Å². The smallest absolute Gasteiger partial charge is 0.293 e. The number of carbonyl (C=O) groups excluding carboxylic acids is 2. The van der Waals surface area contributed by atoms with Crippen molar-refractivity contribution in [3.8, 4) is 5.75 Å².